The number of rotatable bonds is 8. The summed E-state index contributed by atoms with van der Waals surface area (Å²) >= 11 is 0. The molecule has 1 aromatic heterocycles. The van der Waals surface area contributed by atoms with E-state index in [0.717, 1.165) is 30.4 Å². The van der Waals surface area contributed by atoms with Gasteiger partial charge >= 0.3 is 0 Å². The number of aromatic nitrogens is 2. The zero-order chi connectivity index (χ0) is 19.6. The second-order valence-electron chi connectivity index (χ2n) is 6.38. The van der Waals surface area contributed by atoms with Crippen molar-refractivity contribution in [3.63, 3.8) is 0 Å². The maximum Gasteiger partial charge on any atom is 0.191 e. The first kappa shape index (κ1) is 22.7. The lowest BCUT2D eigenvalue weighted by Crippen LogP contribution is -2.36. The molecule has 0 radical (unpaired) electrons. The Balaban J connectivity index is 0.00000300. The normalized spacial score (nSPS) is 10.9. The van der Waals surface area contributed by atoms with Crippen molar-refractivity contribution < 1.29 is 4.74 Å². The molecule has 7 heteroatoms. The molecule has 3 rings (SSSR count). The number of nitrogens with zero attached hydrogens (tertiary/aromatic N) is 3. The van der Waals surface area contributed by atoms with Gasteiger partial charge in [-0.1, -0.05) is 42.5 Å². The van der Waals surface area contributed by atoms with Crippen LogP contribution in [0.4, 0.5) is 0 Å². The number of nitrogens with one attached hydrogen (secondary N) is 2. The standard InChI is InChI=1S/C22H27N5O.HI/c1-3-23-22(25-16-20-10-4-5-11-21(20)28-2)24-15-18-8-6-9-19(14-18)17-27-13-7-12-26-27;/h4-14H,3,15-17H2,1-2H3,(H2,23,24,25);1H. The molecule has 2 N–H and O–H groups in total. The van der Waals surface area contributed by atoms with Crippen molar-refractivity contribution in [2.24, 2.45) is 4.99 Å². The Morgan fingerprint density at radius 3 is 2.66 bits per heavy atom. The highest BCUT2D eigenvalue weighted by molar-refractivity contribution is 14.0. The lowest BCUT2D eigenvalue weighted by Gasteiger charge is -2.13. The zero-order valence-electron chi connectivity index (χ0n) is 16.8. The van der Waals surface area contributed by atoms with Crippen LogP contribution in [0.15, 0.2) is 72.0 Å². The van der Waals surface area contributed by atoms with Gasteiger partial charge in [0.1, 0.15) is 5.75 Å². The molecule has 0 aliphatic rings. The topological polar surface area (TPSA) is 63.5 Å². The predicted octanol–water partition coefficient (Wildman–Crippen LogP) is 3.81. The van der Waals surface area contributed by atoms with E-state index < -0.39 is 0 Å². The van der Waals surface area contributed by atoms with Gasteiger partial charge in [0.05, 0.1) is 20.2 Å². The molecule has 3 aromatic rings. The van der Waals surface area contributed by atoms with E-state index in [1.807, 2.05) is 41.2 Å². The summed E-state index contributed by atoms with van der Waals surface area (Å²) in [4.78, 5) is 4.72. The Hall–Kier alpha value is -2.55. The van der Waals surface area contributed by atoms with Crippen molar-refractivity contribution in [1.29, 1.82) is 0 Å². The smallest absolute Gasteiger partial charge is 0.191 e. The van der Waals surface area contributed by atoms with E-state index in [9.17, 15) is 0 Å². The monoisotopic (exact) mass is 505 g/mol. The second-order valence-corrected chi connectivity index (χ2v) is 6.38. The van der Waals surface area contributed by atoms with Crippen LogP contribution in [-0.2, 0) is 19.6 Å². The first-order valence-corrected chi connectivity index (χ1v) is 9.48. The molecule has 0 aliphatic carbocycles. The Morgan fingerprint density at radius 1 is 1.07 bits per heavy atom. The van der Waals surface area contributed by atoms with Gasteiger partial charge in [-0.3, -0.25) is 4.68 Å². The fourth-order valence-corrected chi connectivity index (χ4v) is 2.95. The molecule has 154 valence electrons. The number of hydrogen-bond donors (Lipinski definition) is 2. The molecule has 0 amide bonds. The number of halogens is 1. The summed E-state index contributed by atoms with van der Waals surface area (Å²) in [5.41, 5.74) is 3.47. The summed E-state index contributed by atoms with van der Waals surface area (Å²) in [5, 5.41) is 10.9. The highest BCUT2D eigenvalue weighted by Crippen LogP contribution is 2.16. The van der Waals surface area contributed by atoms with E-state index in [1.54, 1.807) is 13.3 Å². The van der Waals surface area contributed by atoms with Crippen LogP contribution in [0.2, 0.25) is 0 Å². The summed E-state index contributed by atoms with van der Waals surface area (Å²) in [7, 11) is 1.69. The van der Waals surface area contributed by atoms with E-state index in [-0.39, 0.29) is 24.0 Å². The predicted molar refractivity (Wildman–Crippen MR) is 128 cm³/mol. The maximum atomic E-state index is 5.42. The SMILES string of the molecule is CCNC(=NCc1cccc(Cn2cccn2)c1)NCc1ccccc1OC.I. The second kappa shape index (κ2) is 12.1. The van der Waals surface area contributed by atoms with E-state index in [0.29, 0.717) is 13.1 Å². The number of guanidine groups is 1. The number of ether oxygens (including phenoxy) is 1. The van der Waals surface area contributed by atoms with Gasteiger partial charge in [0.2, 0.25) is 0 Å². The van der Waals surface area contributed by atoms with Crippen LogP contribution in [0.1, 0.15) is 23.6 Å². The minimum Gasteiger partial charge on any atom is -0.496 e. The minimum absolute atomic E-state index is 0. The molecule has 0 saturated carbocycles. The molecular formula is C22H28IN5O. The molecule has 2 aromatic carbocycles. The minimum atomic E-state index is 0. The fraction of sp³-hybridized carbons (Fsp3) is 0.273. The highest BCUT2D eigenvalue weighted by atomic mass is 127. The van der Waals surface area contributed by atoms with Gasteiger partial charge in [-0.15, -0.1) is 24.0 Å². The highest BCUT2D eigenvalue weighted by Gasteiger charge is 2.04. The summed E-state index contributed by atoms with van der Waals surface area (Å²) in [6.45, 7) is 4.88. The van der Waals surface area contributed by atoms with Crippen LogP contribution in [0.25, 0.3) is 0 Å². The molecule has 1 heterocycles. The average molecular weight is 505 g/mol. The van der Waals surface area contributed by atoms with Crippen molar-refractivity contribution in [1.82, 2.24) is 20.4 Å². The van der Waals surface area contributed by atoms with E-state index in [2.05, 4.69) is 46.9 Å². The molecule has 0 bridgehead atoms. The van der Waals surface area contributed by atoms with E-state index in [4.69, 9.17) is 9.73 Å². The summed E-state index contributed by atoms with van der Waals surface area (Å²) in [6, 6.07) is 18.4. The number of para-hydroxylation sites is 1. The van der Waals surface area contributed by atoms with Crippen LogP contribution in [-0.4, -0.2) is 29.4 Å². The van der Waals surface area contributed by atoms with Gasteiger partial charge in [-0.05, 0) is 30.2 Å². The van der Waals surface area contributed by atoms with Gasteiger partial charge in [0.15, 0.2) is 5.96 Å². The summed E-state index contributed by atoms with van der Waals surface area (Å²) in [6.07, 6.45) is 3.76. The van der Waals surface area contributed by atoms with E-state index >= 15 is 0 Å². The molecule has 0 aliphatic heterocycles. The first-order chi connectivity index (χ1) is 13.8. The number of benzene rings is 2. The number of aliphatic imine (C=N–C) groups is 1. The van der Waals surface area contributed by atoms with Gasteiger partial charge in [-0.2, -0.15) is 5.10 Å². The van der Waals surface area contributed by atoms with Crippen molar-refractivity contribution >= 4 is 29.9 Å². The molecule has 0 unspecified atom stereocenters. The quantitative estimate of drug-likeness (QED) is 0.278. The summed E-state index contributed by atoms with van der Waals surface area (Å²) in [5.74, 6) is 1.66. The van der Waals surface area contributed by atoms with Crippen LogP contribution in [0, 0.1) is 0 Å². The molecule has 0 saturated heterocycles. The molecule has 0 fully saturated rings. The Bertz CT molecular complexity index is 896. The van der Waals surface area contributed by atoms with Crippen molar-refractivity contribution in [2.45, 2.75) is 26.6 Å². The third-order valence-electron chi connectivity index (χ3n) is 4.30. The van der Waals surface area contributed by atoms with Crippen molar-refractivity contribution in [3.8, 4) is 5.75 Å². The fourth-order valence-electron chi connectivity index (χ4n) is 2.95. The Labute approximate surface area is 189 Å². The molecule has 29 heavy (non-hydrogen) atoms. The molecule has 0 atom stereocenters. The Kier molecular flexibility index (Phi) is 9.49. The molecule has 6 nitrogen and oxygen atoms in total. The molecular weight excluding hydrogens is 477 g/mol. The maximum absolute atomic E-state index is 5.42. The van der Waals surface area contributed by atoms with Gasteiger partial charge < -0.3 is 15.4 Å². The van der Waals surface area contributed by atoms with Crippen molar-refractivity contribution in [3.05, 3.63) is 83.7 Å². The zero-order valence-corrected chi connectivity index (χ0v) is 19.2. The van der Waals surface area contributed by atoms with Crippen LogP contribution in [0.3, 0.4) is 0 Å². The third kappa shape index (κ3) is 7.08. The summed E-state index contributed by atoms with van der Waals surface area (Å²) < 4.78 is 7.33. The van der Waals surface area contributed by atoms with Gasteiger partial charge in [-0.25, -0.2) is 4.99 Å². The number of hydrogen-bond acceptors (Lipinski definition) is 3. The van der Waals surface area contributed by atoms with Crippen LogP contribution in [0.5, 0.6) is 5.75 Å². The third-order valence-corrected chi connectivity index (χ3v) is 4.30. The largest absolute Gasteiger partial charge is 0.496 e. The number of methoxy groups -OCH3 is 1. The lowest BCUT2D eigenvalue weighted by atomic mass is 10.1. The van der Waals surface area contributed by atoms with E-state index in [1.165, 1.54) is 11.1 Å². The van der Waals surface area contributed by atoms with Crippen molar-refractivity contribution in [2.75, 3.05) is 13.7 Å². The van der Waals surface area contributed by atoms with Gasteiger partial charge in [0.25, 0.3) is 0 Å². The Morgan fingerprint density at radius 2 is 1.90 bits per heavy atom. The molecule has 0 spiro atoms. The van der Waals surface area contributed by atoms with Gasteiger partial charge in [0, 0.05) is 31.0 Å². The lowest BCUT2D eigenvalue weighted by molar-refractivity contribution is 0.409. The first-order valence-electron chi connectivity index (χ1n) is 9.48. The van der Waals surface area contributed by atoms with Crippen LogP contribution < -0.4 is 15.4 Å². The average Bonchev–Trinajstić information content (AvgIpc) is 3.23. The van der Waals surface area contributed by atoms with Crippen LogP contribution >= 0.6 is 24.0 Å².